The SMILES string of the molecule is Sc1c2ccccc2c(-c2cccc3oc4cc(-c5c6ccccc6c(-c6ccccc6)c6ccccc56)ccc4c23)c2ccccc12. The van der Waals surface area contributed by atoms with Crippen LogP contribution in [0.3, 0.4) is 0 Å². The lowest BCUT2D eigenvalue weighted by atomic mass is 9.85. The molecule has 0 atom stereocenters. The molecule has 0 saturated heterocycles. The highest BCUT2D eigenvalue weighted by Gasteiger charge is 2.21. The Bertz CT molecular complexity index is 2780. The van der Waals surface area contributed by atoms with Crippen LogP contribution in [0.15, 0.2) is 173 Å². The number of benzene rings is 9. The lowest BCUT2D eigenvalue weighted by Crippen LogP contribution is -1.90. The van der Waals surface area contributed by atoms with Crippen molar-refractivity contribution in [3.63, 3.8) is 0 Å². The van der Waals surface area contributed by atoms with E-state index in [4.69, 9.17) is 17.0 Å². The van der Waals surface area contributed by atoms with Gasteiger partial charge in [0.05, 0.1) is 0 Å². The molecule has 0 spiro atoms. The van der Waals surface area contributed by atoms with Crippen molar-refractivity contribution in [1.82, 2.24) is 0 Å². The van der Waals surface area contributed by atoms with Crippen molar-refractivity contribution in [2.24, 2.45) is 0 Å². The third-order valence-corrected chi connectivity index (χ3v) is 10.4. The van der Waals surface area contributed by atoms with Crippen molar-refractivity contribution in [2.75, 3.05) is 0 Å². The van der Waals surface area contributed by atoms with Crippen molar-refractivity contribution in [3.05, 3.63) is 164 Å². The van der Waals surface area contributed by atoms with Crippen molar-refractivity contribution in [1.29, 1.82) is 0 Å². The van der Waals surface area contributed by atoms with E-state index >= 15 is 0 Å². The summed E-state index contributed by atoms with van der Waals surface area (Å²) in [5.74, 6) is 0. The molecule has 0 aliphatic heterocycles. The first kappa shape index (κ1) is 27.3. The van der Waals surface area contributed by atoms with E-state index < -0.39 is 0 Å². The first-order valence-corrected chi connectivity index (χ1v) is 16.8. The molecule has 0 radical (unpaired) electrons. The molecule has 9 aromatic carbocycles. The number of hydrogen-bond acceptors (Lipinski definition) is 2. The van der Waals surface area contributed by atoms with Gasteiger partial charge in [-0.2, -0.15) is 0 Å². The summed E-state index contributed by atoms with van der Waals surface area (Å²) in [5.41, 5.74) is 9.02. The standard InChI is InChI=1S/C46H28OS/c48-46-36-21-10-8-19-34(36)44(35-20-9-11-22-37(35)46)39-23-12-24-40-45(39)38-26-25-29(27-41(38)47-40)43-32-17-6-4-15-30(32)42(28-13-2-1-3-14-28)31-16-5-7-18-33(31)43/h1-27,48H. The van der Waals surface area contributed by atoms with Crippen LogP contribution in [0.25, 0.3) is 98.4 Å². The van der Waals surface area contributed by atoms with E-state index in [0.717, 1.165) is 43.2 Å². The van der Waals surface area contributed by atoms with Gasteiger partial charge in [0.2, 0.25) is 0 Å². The van der Waals surface area contributed by atoms with Crippen LogP contribution in [0.4, 0.5) is 0 Å². The van der Waals surface area contributed by atoms with Gasteiger partial charge in [-0.15, -0.1) is 12.6 Å². The zero-order valence-corrected chi connectivity index (χ0v) is 26.8. The number of furan rings is 1. The van der Waals surface area contributed by atoms with Gasteiger partial charge in [-0.05, 0) is 94.7 Å². The lowest BCUT2D eigenvalue weighted by Gasteiger charge is -2.17. The second kappa shape index (κ2) is 10.6. The summed E-state index contributed by atoms with van der Waals surface area (Å²) in [6.45, 7) is 0. The molecule has 2 heteroatoms. The maximum absolute atomic E-state index is 6.73. The van der Waals surface area contributed by atoms with Crippen LogP contribution < -0.4 is 0 Å². The van der Waals surface area contributed by atoms with E-state index in [2.05, 4.69) is 164 Å². The molecule has 0 fully saturated rings. The maximum Gasteiger partial charge on any atom is 0.136 e. The van der Waals surface area contributed by atoms with Gasteiger partial charge in [0, 0.05) is 15.7 Å². The minimum atomic E-state index is 0.884. The molecular weight excluding hydrogens is 601 g/mol. The molecule has 10 aromatic rings. The summed E-state index contributed by atoms with van der Waals surface area (Å²) in [4.78, 5) is 1.01. The summed E-state index contributed by atoms with van der Waals surface area (Å²) in [6, 6.07) is 58.7. The van der Waals surface area contributed by atoms with Gasteiger partial charge in [0.15, 0.2) is 0 Å². The third-order valence-electron chi connectivity index (χ3n) is 9.95. The fourth-order valence-corrected chi connectivity index (χ4v) is 8.33. The van der Waals surface area contributed by atoms with Crippen molar-refractivity contribution >= 4 is 77.7 Å². The minimum absolute atomic E-state index is 0.884. The molecule has 0 aliphatic carbocycles. The lowest BCUT2D eigenvalue weighted by molar-refractivity contribution is 0.669. The van der Waals surface area contributed by atoms with Crippen LogP contribution in [0.5, 0.6) is 0 Å². The first-order valence-electron chi connectivity index (χ1n) is 16.3. The fourth-order valence-electron chi connectivity index (χ4n) is 7.94. The highest BCUT2D eigenvalue weighted by molar-refractivity contribution is 7.80. The molecule has 0 amide bonds. The average Bonchev–Trinajstić information content (AvgIpc) is 3.53. The van der Waals surface area contributed by atoms with Crippen LogP contribution in [-0.4, -0.2) is 0 Å². The molecule has 0 unspecified atom stereocenters. The quantitative estimate of drug-likeness (QED) is 0.152. The second-order valence-electron chi connectivity index (χ2n) is 12.5. The van der Waals surface area contributed by atoms with Gasteiger partial charge >= 0.3 is 0 Å². The maximum atomic E-state index is 6.73. The van der Waals surface area contributed by atoms with E-state index in [-0.39, 0.29) is 0 Å². The van der Waals surface area contributed by atoms with Gasteiger partial charge in [-0.3, -0.25) is 0 Å². The van der Waals surface area contributed by atoms with E-state index in [9.17, 15) is 0 Å². The molecular formula is C46H28OS. The monoisotopic (exact) mass is 628 g/mol. The van der Waals surface area contributed by atoms with Crippen LogP contribution in [0, 0.1) is 0 Å². The Hall–Kier alpha value is -5.83. The van der Waals surface area contributed by atoms with Crippen molar-refractivity contribution < 1.29 is 4.42 Å². The first-order chi connectivity index (χ1) is 23.8. The molecule has 1 aromatic heterocycles. The van der Waals surface area contributed by atoms with Gasteiger partial charge in [-0.25, -0.2) is 0 Å². The number of thiol groups is 1. The number of fused-ring (bicyclic) bond motifs is 7. The molecule has 0 N–H and O–H groups in total. The van der Waals surface area contributed by atoms with Gasteiger partial charge in [0.25, 0.3) is 0 Å². The van der Waals surface area contributed by atoms with Gasteiger partial charge < -0.3 is 4.42 Å². The van der Waals surface area contributed by atoms with Crippen LogP contribution >= 0.6 is 12.6 Å². The summed E-state index contributed by atoms with van der Waals surface area (Å²) >= 11 is 5.00. The van der Waals surface area contributed by atoms with Gasteiger partial charge in [0.1, 0.15) is 11.2 Å². The zero-order valence-electron chi connectivity index (χ0n) is 25.9. The Morgan fingerprint density at radius 2 is 0.812 bits per heavy atom. The van der Waals surface area contributed by atoms with Crippen LogP contribution in [0.1, 0.15) is 0 Å². The molecule has 224 valence electrons. The Labute approximate surface area is 283 Å². The summed E-state index contributed by atoms with van der Waals surface area (Å²) in [5, 5.41) is 11.9. The van der Waals surface area contributed by atoms with E-state index in [0.29, 0.717) is 0 Å². The topological polar surface area (TPSA) is 13.1 Å². The van der Waals surface area contributed by atoms with E-state index in [1.807, 2.05) is 0 Å². The predicted octanol–water partition coefficient (Wildman–Crippen LogP) is 13.5. The Balaban J connectivity index is 1.26. The minimum Gasteiger partial charge on any atom is -0.456 e. The normalized spacial score (nSPS) is 11.9. The molecule has 10 rings (SSSR count). The summed E-state index contributed by atoms with van der Waals surface area (Å²) in [6.07, 6.45) is 0. The Morgan fingerprint density at radius 1 is 0.333 bits per heavy atom. The zero-order chi connectivity index (χ0) is 31.8. The van der Waals surface area contributed by atoms with Crippen LogP contribution in [0.2, 0.25) is 0 Å². The largest absolute Gasteiger partial charge is 0.456 e. The predicted molar refractivity (Wildman–Crippen MR) is 207 cm³/mol. The molecule has 0 bridgehead atoms. The second-order valence-corrected chi connectivity index (χ2v) is 13.0. The number of rotatable bonds is 3. The molecule has 0 aliphatic rings. The molecule has 0 saturated carbocycles. The smallest absolute Gasteiger partial charge is 0.136 e. The molecule has 1 nitrogen and oxygen atoms in total. The Morgan fingerprint density at radius 3 is 1.38 bits per heavy atom. The van der Waals surface area contributed by atoms with E-state index in [1.54, 1.807) is 0 Å². The highest BCUT2D eigenvalue weighted by Crippen LogP contribution is 2.47. The average molecular weight is 629 g/mol. The molecule has 48 heavy (non-hydrogen) atoms. The fraction of sp³-hybridized carbons (Fsp3) is 0. The van der Waals surface area contributed by atoms with Crippen LogP contribution in [-0.2, 0) is 0 Å². The number of hydrogen-bond donors (Lipinski definition) is 1. The van der Waals surface area contributed by atoms with Crippen molar-refractivity contribution in [3.8, 4) is 33.4 Å². The summed E-state index contributed by atoms with van der Waals surface area (Å²) in [7, 11) is 0. The van der Waals surface area contributed by atoms with Crippen molar-refractivity contribution in [2.45, 2.75) is 4.90 Å². The third kappa shape index (κ3) is 3.93. The van der Waals surface area contributed by atoms with Gasteiger partial charge in [-0.1, -0.05) is 146 Å². The summed E-state index contributed by atoms with van der Waals surface area (Å²) < 4.78 is 6.73. The highest BCUT2D eigenvalue weighted by atomic mass is 32.1. The molecule has 1 heterocycles. The van der Waals surface area contributed by atoms with E-state index in [1.165, 1.54) is 60.1 Å². The Kier molecular flexibility index (Phi) is 6.03.